The minimum Gasteiger partial charge on any atom is -0.210 e. The van der Waals surface area contributed by atoms with Crippen LogP contribution in [0.15, 0.2) is 59.5 Å². The summed E-state index contributed by atoms with van der Waals surface area (Å²) in [6.07, 6.45) is 0. The van der Waals surface area contributed by atoms with Crippen LogP contribution in [-0.4, -0.2) is 15.0 Å². The summed E-state index contributed by atoms with van der Waals surface area (Å²) in [5.74, 6) is 0. The van der Waals surface area contributed by atoms with Crippen LogP contribution < -0.4 is 4.72 Å². The van der Waals surface area contributed by atoms with Crippen molar-refractivity contribution in [2.24, 2.45) is 0 Å². The molecule has 0 saturated carbocycles. The molecule has 0 heterocycles. The second kappa shape index (κ2) is 6.18. The minimum atomic E-state index is -3.49. The number of hydrogen-bond donors (Lipinski definition) is 1. The number of sulfonamides is 1. The van der Waals surface area contributed by atoms with Crippen LogP contribution in [-0.2, 0) is 15.4 Å². The van der Waals surface area contributed by atoms with Crippen molar-refractivity contribution >= 4 is 21.6 Å². The molecule has 2 aromatic rings. The third-order valence-corrected chi connectivity index (χ3v) is 5.02. The molecule has 0 radical (unpaired) electrons. The van der Waals surface area contributed by atoms with Gasteiger partial charge in [0.15, 0.2) is 0 Å². The smallest absolute Gasteiger partial charge is 0.210 e. The normalized spacial score (nSPS) is 12.3. The number of rotatable bonds is 5. The first kappa shape index (κ1) is 16.0. The summed E-state index contributed by atoms with van der Waals surface area (Å²) in [5.41, 5.74) is 0.637. The molecule has 0 aromatic heterocycles. The lowest BCUT2D eigenvalue weighted by Gasteiger charge is -2.25. The van der Waals surface area contributed by atoms with Crippen molar-refractivity contribution in [2.45, 2.75) is 24.2 Å². The molecule has 2 aromatic carbocycles. The van der Waals surface area contributed by atoms with Gasteiger partial charge in [0, 0.05) is 17.0 Å². The van der Waals surface area contributed by atoms with E-state index >= 15 is 0 Å². The van der Waals surface area contributed by atoms with Gasteiger partial charge in [-0.3, -0.25) is 0 Å². The molecule has 0 bridgehead atoms. The molecule has 0 fully saturated rings. The van der Waals surface area contributed by atoms with Crippen LogP contribution in [0, 0.1) is 0 Å². The Morgan fingerprint density at radius 3 is 2.33 bits per heavy atom. The number of hydrogen-bond acceptors (Lipinski definition) is 2. The van der Waals surface area contributed by atoms with E-state index < -0.39 is 10.0 Å². The maximum absolute atomic E-state index is 12.2. The molecule has 3 nitrogen and oxygen atoms in total. The first-order valence-corrected chi connectivity index (χ1v) is 8.48. The zero-order chi connectivity index (χ0) is 15.5. The van der Waals surface area contributed by atoms with E-state index in [0.717, 1.165) is 5.56 Å². The van der Waals surface area contributed by atoms with Crippen LogP contribution in [0.3, 0.4) is 0 Å². The van der Waals surface area contributed by atoms with Gasteiger partial charge in [0.05, 0.1) is 4.90 Å². The molecule has 21 heavy (non-hydrogen) atoms. The lowest BCUT2D eigenvalue weighted by molar-refractivity contribution is 0.501. The molecule has 0 spiro atoms. The summed E-state index contributed by atoms with van der Waals surface area (Å²) in [4.78, 5) is 0.270. The molecule has 0 amide bonds. The lowest BCUT2D eigenvalue weighted by Crippen LogP contribution is -2.36. The van der Waals surface area contributed by atoms with Crippen molar-refractivity contribution in [3.63, 3.8) is 0 Å². The minimum absolute atomic E-state index is 0.270. The monoisotopic (exact) mass is 323 g/mol. The zero-order valence-corrected chi connectivity index (χ0v) is 13.6. The van der Waals surface area contributed by atoms with Gasteiger partial charge in [0.25, 0.3) is 0 Å². The standard InChI is InChI=1S/C16H18ClNO2S/c1-16(2,13-7-6-8-14(17)11-13)12-18-21(19,20)15-9-4-3-5-10-15/h3-11,18H,12H2,1-2H3. The largest absolute Gasteiger partial charge is 0.240 e. The molecule has 0 unspecified atom stereocenters. The molecular formula is C16H18ClNO2S. The van der Waals surface area contributed by atoms with Gasteiger partial charge >= 0.3 is 0 Å². The fraction of sp³-hybridized carbons (Fsp3) is 0.250. The highest BCUT2D eigenvalue weighted by Gasteiger charge is 2.24. The van der Waals surface area contributed by atoms with Crippen LogP contribution in [0.4, 0.5) is 0 Å². The molecule has 1 N–H and O–H groups in total. The van der Waals surface area contributed by atoms with E-state index in [-0.39, 0.29) is 10.3 Å². The summed E-state index contributed by atoms with van der Waals surface area (Å²) < 4.78 is 27.1. The molecular weight excluding hydrogens is 306 g/mol. The van der Waals surface area contributed by atoms with Crippen LogP contribution in [0.2, 0.25) is 5.02 Å². The van der Waals surface area contributed by atoms with E-state index in [9.17, 15) is 8.42 Å². The predicted octanol–water partition coefficient (Wildman–Crippen LogP) is 3.60. The van der Waals surface area contributed by atoms with Crippen molar-refractivity contribution in [2.75, 3.05) is 6.54 Å². The highest BCUT2D eigenvalue weighted by atomic mass is 35.5. The molecule has 0 aliphatic carbocycles. The second-order valence-corrected chi connectivity index (χ2v) is 7.74. The summed E-state index contributed by atoms with van der Waals surface area (Å²) in [6.45, 7) is 4.25. The summed E-state index contributed by atoms with van der Waals surface area (Å²) in [5, 5.41) is 0.645. The highest BCUT2D eigenvalue weighted by molar-refractivity contribution is 7.89. The van der Waals surface area contributed by atoms with E-state index in [1.54, 1.807) is 36.4 Å². The highest BCUT2D eigenvalue weighted by Crippen LogP contribution is 2.25. The van der Waals surface area contributed by atoms with E-state index in [1.165, 1.54) is 0 Å². The van der Waals surface area contributed by atoms with Crippen molar-refractivity contribution < 1.29 is 8.42 Å². The number of halogens is 1. The summed E-state index contributed by atoms with van der Waals surface area (Å²) in [7, 11) is -3.49. The van der Waals surface area contributed by atoms with Gasteiger partial charge in [-0.25, -0.2) is 13.1 Å². The topological polar surface area (TPSA) is 46.2 Å². The van der Waals surface area contributed by atoms with Gasteiger partial charge in [-0.1, -0.05) is 55.8 Å². The quantitative estimate of drug-likeness (QED) is 0.914. The molecule has 112 valence electrons. The zero-order valence-electron chi connectivity index (χ0n) is 12.0. The average molecular weight is 324 g/mol. The maximum atomic E-state index is 12.2. The molecule has 0 aliphatic heterocycles. The Balaban J connectivity index is 2.15. The van der Waals surface area contributed by atoms with E-state index in [2.05, 4.69) is 4.72 Å². The van der Waals surface area contributed by atoms with Crippen LogP contribution >= 0.6 is 11.6 Å². The predicted molar refractivity (Wildman–Crippen MR) is 86.1 cm³/mol. The van der Waals surface area contributed by atoms with Gasteiger partial charge in [-0.05, 0) is 29.8 Å². The second-order valence-electron chi connectivity index (χ2n) is 5.53. The SMILES string of the molecule is CC(C)(CNS(=O)(=O)c1ccccc1)c1cccc(Cl)c1. The molecule has 0 saturated heterocycles. The van der Waals surface area contributed by atoms with E-state index in [1.807, 2.05) is 32.0 Å². The van der Waals surface area contributed by atoms with Crippen molar-refractivity contribution in [3.8, 4) is 0 Å². The van der Waals surface area contributed by atoms with Crippen molar-refractivity contribution in [1.82, 2.24) is 4.72 Å². The Labute approximate surface area is 131 Å². The first-order chi connectivity index (χ1) is 9.81. The summed E-state index contributed by atoms with van der Waals surface area (Å²) in [6, 6.07) is 15.8. The van der Waals surface area contributed by atoms with Gasteiger partial charge in [0.1, 0.15) is 0 Å². The summed E-state index contributed by atoms with van der Waals surface area (Å²) >= 11 is 6.00. The van der Waals surface area contributed by atoms with Gasteiger partial charge in [-0.15, -0.1) is 0 Å². The Hall–Kier alpha value is -1.36. The Bertz CT molecular complexity index is 712. The molecule has 5 heteroatoms. The third-order valence-electron chi connectivity index (χ3n) is 3.36. The van der Waals surface area contributed by atoms with E-state index in [4.69, 9.17) is 11.6 Å². The molecule has 0 aliphatic rings. The van der Waals surface area contributed by atoms with Gasteiger partial charge < -0.3 is 0 Å². The average Bonchev–Trinajstić information content (AvgIpc) is 2.46. The number of nitrogens with one attached hydrogen (secondary N) is 1. The fourth-order valence-electron chi connectivity index (χ4n) is 1.97. The first-order valence-electron chi connectivity index (χ1n) is 6.62. The lowest BCUT2D eigenvalue weighted by atomic mass is 9.85. The third kappa shape index (κ3) is 4.06. The maximum Gasteiger partial charge on any atom is 0.240 e. The van der Waals surface area contributed by atoms with Gasteiger partial charge in [0.2, 0.25) is 10.0 Å². The van der Waals surface area contributed by atoms with E-state index in [0.29, 0.717) is 11.6 Å². The fourth-order valence-corrected chi connectivity index (χ4v) is 3.39. The number of benzene rings is 2. The Kier molecular flexibility index (Phi) is 4.71. The Morgan fingerprint density at radius 2 is 1.71 bits per heavy atom. The van der Waals surface area contributed by atoms with Gasteiger partial charge in [-0.2, -0.15) is 0 Å². The van der Waals surface area contributed by atoms with Crippen LogP contribution in [0.5, 0.6) is 0 Å². The van der Waals surface area contributed by atoms with Crippen LogP contribution in [0.1, 0.15) is 19.4 Å². The molecule has 2 rings (SSSR count). The van der Waals surface area contributed by atoms with Crippen molar-refractivity contribution in [1.29, 1.82) is 0 Å². The molecule has 0 atom stereocenters. The van der Waals surface area contributed by atoms with Crippen LogP contribution in [0.25, 0.3) is 0 Å². The Morgan fingerprint density at radius 1 is 1.05 bits per heavy atom. The van der Waals surface area contributed by atoms with Crippen molar-refractivity contribution in [3.05, 3.63) is 65.2 Å².